The van der Waals surface area contributed by atoms with Crippen LogP contribution in [-0.2, 0) is 4.79 Å². The van der Waals surface area contributed by atoms with Crippen LogP contribution in [-0.4, -0.2) is 87.1 Å². The Morgan fingerprint density at radius 1 is 1.07 bits per heavy atom. The Bertz CT molecular complexity index is 775. The Kier molecular flexibility index (Phi) is 6.58. The highest BCUT2D eigenvalue weighted by Crippen LogP contribution is 2.39. The molecule has 1 unspecified atom stereocenters. The number of rotatable bonds is 6. The molecule has 1 aromatic rings. The van der Waals surface area contributed by atoms with E-state index in [1.165, 1.54) is 0 Å². The number of likely N-dealkylation sites (N-methyl/N-ethyl adjacent to an activating group) is 2. The number of nitrogens with zero attached hydrogens (tertiary/aromatic N) is 4. The molecule has 1 atom stereocenters. The first-order chi connectivity index (χ1) is 14.6. The zero-order chi connectivity index (χ0) is 21.1. The zero-order valence-corrected chi connectivity index (χ0v) is 18.4. The van der Waals surface area contributed by atoms with E-state index in [0.717, 1.165) is 82.9 Å². The molecular weight excluding hydrogens is 378 g/mol. The summed E-state index contributed by atoms with van der Waals surface area (Å²) in [5.74, 6) is 0.0816. The Morgan fingerprint density at radius 2 is 1.83 bits per heavy atom. The van der Waals surface area contributed by atoms with E-state index in [1.54, 1.807) is 4.90 Å². The lowest BCUT2D eigenvalue weighted by Crippen LogP contribution is -2.54. The number of anilines is 2. The minimum atomic E-state index is -0.0600. The maximum Gasteiger partial charge on any atom is 0.251 e. The Labute approximate surface area is 180 Å². The first-order valence-corrected chi connectivity index (χ1v) is 11.5. The fourth-order valence-electron chi connectivity index (χ4n) is 4.93. The molecule has 0 aliphatic carbocycles. The predicted octanol–water partition coefficient (Wildman–Crippen LogP) is 1.78. The monoisotopic (exact) mass is 413 g/mol. The highest BCUT2D eigenvalue weighted by molar-refractivity contribution is 6.07. The molecule has 0 saturated carbocycles. The highest BCUT2D eigenvalue weighted by atomic mass is 16.2. The number of fused-ring (bicyclic) bond motifs is 3. The minimum Gasteiger partial charge on any atom is -0.358 e. The normalized spacial score (nSPS) is 22.6. The minimum absolute atomic E-state index is 0.0462. The number of carbonyl (C=O) groups excluding carboxylic acids is 2. The van der Waals surface area contributed by atoms with E-state index >= 15 is 0 Å². The quantitative estimate of drug-likeness (QED) is 0.721. The number of piperazine rings is 1. The lowest BCUT2D eigenvalue weighted by atomic mass is 9.96. The van der Waals surface area contributed by atoms with E-state index in [4.69, 9.17) is 0 Å². The molecule has 7 heteroatoms. The van der Waals surface area contributed by atoms with E-state index in [1.807, 2.05) is 25.2 Å². The van der Waals surface area contributed by atoms with E-state index in [0.29, 0.717) is 12.1 Å². The predicted molar refractivity (Wildman–Crippen MR) is 120 cm³/mol. The second-order valence-electron chi connectivity index (χ2n) is 8.69. The number of nitrogens with one attached hydrogen (secondary N) is 1. The molecule has 3 aliphatic rings. The average molecular weight is 414 g/mol. The van der Waals surface area contributed by atoms with Crippen molar-refractivity contribution in [2.24, 2.45) is 0 Å². The van der Waals surface area contributed by atoms with Gasteiger partial charge in [0.1, 0.15) is 6.04 Å². The van der Waals surface area contributed by atoms with Crippen molar-refractivity contribution in [1.82, 2.24) is 15.1 Å². The van der Waals surface area contributed by atoms with Gasteiger partial charge in [-0.2, -0.15) is 0 Å². The summed E-state index contributed by atoms with van der Waals surface area (Å²) >= 11 is 0. The van der Waals surface area contributed by atoms with Crippen LogP contribution in [0.2, 0.25) is 0 Å². The summed E-state index contributed by atoms with van der Waals surface area (Å²) in [7, 11) is 1.83. The van der Waals surface area contributed by atoms with Crippen molar-refractivity contribution >= 4 is 23.2 Å². The van der Waals surface area contributed by atoms with Crippen molar-refractivity contribution < 1.29 is 9.59 Å². The third-order valence-electron chi connectivity index (χ3n) is 6.88. The number of amides is 2. The summed E-state index contributed by atoms with van der Waals surface area (Å²) in [6.45, 7) is 10.5. The van der Waals surface area contributed by atoms with Crippen molar-refractivity contribution in [1.29, 1.82) is 0 Å². The molecule has 7 nitrogen and oxygen atoms in total. The van der Waals surface area contributed by atoms with Crippen LogP contribution >= 0.6 is 0 Å². The van der Waals surface area contributed by atoms with Crippen molar-refractivity contribution in [3.8, 4) is 0 Å². The number of hydrogen-bond acceptors (Lipinski definition) is 5. The molecule has 1 N–H and O–H groups in total. The second-order valence-corrected chi connectivity index (χ2v) is 8.69. The molecule has 0 spiro atoms. The third-order valence-corrected chi connectivity index (χ3v) is 6.88. The molecule has 0 bridgehead atoms. The summed E-state index contributed by atoms with van der Waals surface area (Å²) in [5, 5.41) is 3.05. The average Bonchev–Trinajstić information content (AvgIpc) is 2.80. The van der Waals surface area contributed by atoms with E-state index in [-0.39, 0.29) is 17.9 Å². The van der Waals surface area contributed by atoms with Crippen molar-refractivity contribution in [3.63, 3.8) is 0 Å². The smallest absolute Gasteiger partial charge is 0.251 e. The van der Waals surface area contributed by atoms with Gasteiger partial charge in [-0.1, -0.05) is 6.92 Å². The van der Waals surface area contributed by atoms with Gasteiger partial charge in [-0.15, -0.1) is 0 Å². The highest BCUT2D eigenvalue weighted by Gasteiger charge is 2.38. The first-order valence-electron chi connectivity index (χ1n) is 11.5. The van der Waals surface area contributed by atoms with Gasteiger partial charge in [-0.3, -0.25) is 9.59 Å². The zero-order valence-electron chi connectivity index (χ0n) is 18.4. The summed E-state index contributed by atoms with van der Waals surface area (Å²) in [4.78, 5) is 34.4. The fraction of sp³-hybridized carbons (Fsp3) is 0.652. The summed E-state index contributed by atoms with van der Waals surface area (Å²) in [5.41, 5.74) is 2.55. The van der Waals surface area contributed by atoms with Gasteiger partial charge in [0.05, 0.1) is 11.4 Å². The first kappa shape index (κ1) is 21.1. The second kappa shape index (κ2) is 9.35. The molecule has 0 aromatic heterocycles. The Hall–Kier alpha value is -2.12. The number of benzene rings is 1. The van der Waals surface area contributed by atoms with Gasteiger partial charge in [0.15, 0.2) is 0 Å². The maximum atomic E-state index is 12.8. The van der Waals surface area contributed by atoms with Gasteiger partial charge in [-0.05, 0) is 57.0 Å². The topological polar surface area (TPSA) is 59.1 Å². The lowest BCUT2D eigenvalue weighted by Gasteiger charge is -2.44. The van der Waals surface area contributed by atoms with Gasteiger partial charge < -0.3 is 24.9 Å². The Morgan fingerprint density at radius 3 is 2.60 bits per heavy atom. The number of hydrogen-bond donors (Lipinski definition) is 1. The van der Waals surface area contributed by atoms with Crippen LogP contribution < -0.4 is 15.1 Å². The summed E-state index contributed by atoms with van der Waals surface area (Å²) in [6.07, 6.45) is 4.09. The van der Waals surface area contributed by atoms with E-state index < -0.39 is 0 Å². The number of carbonyl (C=O) groups is 2. The van der Waals surface area contributed by atoms with Crippen LogP contribution in [0.3, 0.4) is 0 Å². The number of piperidine rings is 1. The van der Waals surface area contributed by atoms with Crippen LogP contribution in [0.25, 0.3) is 0 Å². The molecule has 2 amide bonds. The fourth-order valence-corrected chi connectivity index (χ4v) is 4.93. The maximum absolute atomic E-state index is 12.8. The molecule has 2 fully saturated rings. The lowest BCUT2D eigenvalue weighted by molar-refractivity contribution is -0.120. The molecule has 0 radical (unpaired) electrons. The van der Waals surface area contributed by atoms with Gasteiger partial charge in [0.25, 0.3) is 5.91 Å². The SMILES string of the molecule is CCN1CCN(CCCNC(=O)c2ccc3c(c2)N(C)C(=O)C2CCCCN32)CC1. The van der Waals surface area contributed by atoms with Crippen LogP contribution in [0.15, 0.2) is 18.2 Å². The molecule has 3 heterocycles. The van der Waals surface area contributed by atoms with Gasteiger partial charge in [-0.25, -0.2) is 0 Å². The van der Waals surface area contributed by atoms with Gasteiger partial charge in [0.2, 0.25) is 5.91 Å². The summed E-state index contributed by atoms with van der Waals surface area (Å²) < 4.78 is 0. The molecule has 164 valence electrons. The largest absolute Gasteiger partial charge is 0.358 e. The molecule has 1 aromatic carbocycles. The molecular formula is C23H35N5O2. The third kappa shape index (κ3) is 4.32. The molecule has 30 heavy (non-hydrogen) atoms. The van der Waals surface area contributed by atoms with Gasteiger partial charge >= 0.3 is 0 Å². The van der Waals surface area contributed by atoms with Gasteiger partial charge in [0, 0.05) is 51.9 Å². The standard InChI is InChI=1S/C23H35N5O2/c1-3-26-13-15-27(16-14-26)11-6-10-24-22(29)18-8-9-19-21(17-18)25(2)23(30)20-7-4-5-12-28(19)20/h8-9,17,20H,3-7,10-16H2,1-2H3,(H,24,29). The van der Waals surface area contributed by atoms with Crippen molar-refractivity contribution in [2.75, 3.05) is 69.2 Å². The van der Waals surface area contributed by atoms with E-state index in [9.17, 15) is 9.59 Å². The molecule has 4 rings (SSSR count). The molecule has 3 aliphatic heterocycles. The van der Waals surface area contributed by atoms with E-state index in [2.05, 4.69) is 26.9 Å². The van der Waals surface area contributed by atoms with Crippen LogP contribution in [0, 0.1) is 0 Å². The van der Waals surface area contributed by atoms with Crippen LogP contribution in [0.4, 0.5) is 11.4 Å². The van der Waals surface area contributed by atoms with Crippen molar-refractivity contribution in [3.05, 3.63) is 23.8 Å². The summed E-state index contributed by atoms with van der Waals surface area (Å²) in [6, 6.07) is 5.74. The van der Waals surface area contributed by atoms with Crippen LogP contribution in [0.1, 0.15) is 43.0 Å². The van der Waals surface area contributed by atoms with Crippen LogP contribution in [0.5, 0.6) is 0 Å². The molecule has 2 saturated heterocycles. The van der Waals surface area contributed by atoms with Crippen molar-refractivity contribution in [2.45, 2.75) is 38.6 Å². The Balaban J connectivity index is 1.31.